The Balaban J connectivity index is 1.26. The Morgan fingerprint density at radius 1 is 0.974 bits per heavy atom. The number of likely N-dealkylation sites (tertiary alicyclic amines) is 1. The van der Waals surface area contributed by atoms with Crippen molar-refractivity contribution in [3.8, 4) is 11.1 Å². The number of amidine groups is 1. The SMILES string of the molecule is CCCN1CCN(c2ccc(-c3ccnc4ccc(/C=C5\SC(N6CCCC6)=NC5=O)cc34)cc2Cl)CC1. The number of amides is 1. The van der Waals surface area contributed by atoms with E-state index >= 15 is 0 Å². The van der Waals surface area contributed by atoms with Gasteiger partial charge in [0, 0.05) is 50.9 Å². The van der Waals surface area contributed by atoms with E-state index in [0.717, 1.165) is 102 Å². The van der Waals surface area contributed by atoms with Crippen LogP contribution in [0.4, 0.5) is 5.69 Å². The first kappa shape index (κ1) is 25.4. The average Bonchev–Trinajstić information content (AvgIpc) is 3.59. The van der Waals surface area contributed by atoms with Gasteiger partial charge in [-0.15, -0.1) is 0 Å². The second-order valence-corrected chi connectivity index (χ2v) is 11.6. The lowest BCUT2D eigenvalue weighted by atomic mass is 9.99. The molecule has 0 aliphatic carbocycles. The molecule has 0 bridgehead atoms. The third-order valence-corrected chi connectivity index (χ3v) is 8.91. The zero-order chi connectivity index (χ0) is 26.1. The Labute approximate surface area is 233 Å². The van der Waals surface area contributed by atoms with E-state index in [0.29, 0.717) is 4.91 Å². The fourth-order valence-electron chi connectivity index (χ4n) is 5.56. The number of halogens is 1. The molecule has 0 saturated carbocycles. The monoisotopic (exact) mass is 545 g/mol. The Morgan fingerprint density at radius 2 is 1.79 bits per heavy atom. The second-order valence-electron chi connectivity index (χ2n) is 10.1. The molecule has 6 rings (SSSR count). The van der Waals surface area contributed by atoms with Crippen molar-refractivity contribution in [2.24, 2.45) is 4.99 Å². The molecule has 6 nitrogen and oxygen atoms in total. The van der Waals surface area contributed by atoms with Crippen LogP contribution >= 0.6 is 23.4 Å². The minimum atomic E-state index is -0.152. The van der Waals surface area contributed by atoms with Crippen LogP contribution < -0.4 is 4.90 Å². The molecule has 3 aromatic rings. The first-order valence-corrected chi connectivity index (χ1v) is 14.7. The summed E-state index contributed by atoms with van der Waals surface area (Å²) in [4.78, 5) is 29.3. The molecule has 0 N–H and O–H groups in total. The summed E-state index contributed by atoms with van der Waals surface area (Å²) in [5.74, 6) is -0.152. The molecule has 0 atom stereocenters. The van der Waals surface area contributed by atoms with Crippen LogP contribution in [0.25, 0.3) is 28.1 Å². The molecular formula is C30H32ClN5OS. The summed E-state index contributed by atoms with van der Waals surface area (Å²) < 4.78 is 0. The molecule has 196 valence electrons. The first-order chi connectivity index (χ1) is 18.6. The molecule has 4 heterocycles. The van der Waals surface area contributed by atoms with Gasteiger partial charge in [-0.05, 0) is 90.7 Å². The maximum absolute atomic E-state index is 12.6. The largest absolute Gasteiger partial charge is 0.368 e. The molecule has 0 spiro atoms. The molecule has 3 aliphatic rings. The Hall–Kier alpha value is -2.87. The normalized spacial score (nSPS) is 19.7. The second kappa shape index (κ2) is 11.1. The summed E-state index contributed by atoms with van der Waals surface area (Å²) in [6.45, 7) is 9.49. The molecule has 1 amide bonds. The Bertz CT molecular complexity index is 1420. The van der Waals surface area contributed by atoms with E-state index < -0.39 is 0 Å². The fraction of sp³-hybridized carbons (Fsp3) is 0.367. The number of aliphatic imine (C=N–C) groups is 1. The Kier molecular flexibility index (Phi) is 7.41. The summed E-state index contributed by atoms with van der Waals surface area (Å²) >= 11 is 8.34. The highest BCUT2D eigenvalue weighted by Crippen LogP contribution is 2.36. The van der Waals surface area contributed by atoms with Gasteiger partial charge >= 0.3 is 0 Å². The number of hydrogen-bond acceptors (Lipinski definition) is 6. The third-order valence-electron chi connectivity index (χ3n) is 7.56. The predicted molar refractivity (Wildman–Crippen MR) is 160 cm³/mol. The average molecular weight is 546 g/mol. The van der Waals surface area contributed by atoms with Crippen LogP contribution in [0.2, 0.25) is 5.02 Å². The van der Waals surface area contributed by atoms with E-state index in [1.807, 2.05) is 30.5 Å². The van der Waals surface area contributed by atoms with Crippen molar-refractivity contribution in [1.82, 2.24) is 14.8 Å². The van der Waals surface area contributed by atoms with Crippen molar-refractivity contribution in [2.75, 3.05) is 50.7 Å². The molecule has 38 heavy (non-hydrogen) atoms. The van der Waals surface area contributed by atoms with Crippen molar-refractivity contribution in [3.05, 3.63) is 64.2 Å². The molecule has 2 fully saturated rings. The fourth-order valence-corrected chi connectivity index (χ4v) is 6.82. The number of hydrogen-bond donors (Lipinski definition) is 0. The number of rotatable bonds is 5. The number of pyridine rings is 1. The molecule has 1 aromatic heterocycles. The van der Waals surface area contributed by atoms with Crippen molar-refractivity contribution in [1.29, 1.82) is 0 Å². The van der Waals surface area contributed by atoms with E-state index in [-0.39, 0.29) is 5.91 Å². The van der Waals surface area contributed by atoms with Gasteiger partial charge in [0.05, 0.1) is 21.1 Å². The van der Waals surface area contributed by atoms with Crippen LogP contribution in [0.15, 0.2) is 58.6 Å². The summed E-state index contributed by atoms with van der Waals surface area (Å²) in [6.07, 6.45) is 7.31. The van der Waals surface area contributed by atoms with Gasteiger partial charge in [0.1, 0.15) is 0 Å². The highest BCUT2D eigenvalue weighted by molar-refractivity contribution is 8.18. The molecule has 0 radical (unpaired) electrons. The molecule has 0 unspecified atom stereocenters. The van der Waals surface area contributed by atoms with Crippen LogP contribution in [-0.2, 0) is 4.79 Å². The van der Waals surface area contributed by atoms with Crippen molar-refractivity contribution in [2.45, 2.75) is 26.2 Å². The molecule has 2 saturated heterocycles. The van der Waals surface area contributed by atoms with Crippen LogP contribution in [0.1, 0.15) is 31.7 Å². The number of thioether (sulfide) groups is 1. The summed E-state index contributed by atoms with van der Waals surface area (Å²) in [5.41, 5.74) is 5.12. The third kappa shape index (κ3) is 5.20. The van der Waals surface area contributed by atoms with Gasteiger partial charge in [0.2, 0.25) is 0 Å². The number of anilines is 1. The van der Waals surface area contributed by atoms with Gasteiger partial charge < -0.3 is 9.80 Å². The standard InChI is InChI=1S/C30H32ClN5OS/c1-2-11-34-14-16-35(17-15-34)27-8-6-22(20-25(27)31)23-9-10-32-26-7-5-21(18-24(23)26)19-28-29(37)33-30(38-28)36-12-3-4-13-36/h5-10,18-20H,2-4,11-17H2,1H3/b28-19-. The van der Waals surface area contributed by atoms with Crippen molar-refractivity contribution < 1.29 is 4.79 Å². The minimum Gasteiger partial charge on any atom is -0.368 e. The van der Waals surface area contributed by atoms with Crippen LogP contribution in [-0.4, -0.2) is 71.7 Å². The van der Waals surface area contributed by atoms with E-state index in [1.165, 1.54) is 18.2 Å². The van der Waals surface area contributed by atoms with E-state index in [2.05, 4.69) is 55.9 Å². The van der Waals surface area contributed by atoms with Crippen molar-refractivity contribution in [3.63, 3.8) is 0 Å². The number of piperazine rings is 1. The number of carbonyl (C=O) groups is 1. The zero-order valence-electron chi connectivity index (χ0n) is 21.7. The Morgan fingerprint density at radius 3 is 2.55 bits per heavy atom. The predicted octanol–water partition coefficient (Wildman–Crippen LogP) is 6.15. The smallest absolute Gasteiger partial charge is 0.286 e. The van der Waals surface area contributed by atoms with Gasteiger partial charge in [-0.3, -0.25) is 14.7 Å². The summed E-state index contributed by atoms with van der Waals surface area (Å²) in [5, 5.41) is 2.65. The topological polar surface area (TPSA) is 52.0 Å². The lowest BCUT2D eigenvalue weighted by molar-refractivity contribution is -0.113. The quantitative estimate of drug-likeness (QED) is 0.358. The number of fused-ring (bicyclic) bond motifs is 1. The minimum absolute atomic E-state index is 0.152. The number of carbonyl (C=O) groups excluding carboxylic acids is 1. The number of benzene rings is 2. The van der Waals surface area contributed by atoms with Gasteiger partial charge in [0.15, 0.2) is 5.17 Å². The van der Waals surface area contributed by atoms with Crippen LogP contribution in [0, 0.1) is 0 Å². The van der Waals surface area contributed by atoms with Crippen molar-refractivity contribution >= 4 is 57.1 Å². The van der Waals surface area contributed by atoms with Gasteiger partial charge in [-0.25, -0.2) is 0 Å². The first-order valence-electron chi connectivity index (χ1n) is 13.5. The molecule has 2 aromatic carbocycles. The lowest BCUT2D eigenvalue weighted by Crippen LogP contribution is -2.46. The summed E-state index contributed by atoms with van der Waals surface area (Å²) in [6, 6.07) is 14.6. The molecular weight excluding hydrogens is 514 g/mol. The lowest BCUT2D eigenvalue weighted by Gasteiger charge is -2.36. The van der Waals surface area contributed by atoms with E-state index in [4.69, 9.17) is 11.6 Å². The zero-order valence-corrected chi connectivity index (χ0v) is 23.3. The van der Waals surface area contributed by atoms with Crippen LogP contribution in [0.5, 0.6) is 0 Å². The molecule has 8 heteroatoms. The van der Waals surface area contributed by atoms with Gasteiger partial charge in [0.25, 0.3) is 5.91 Å². The van der Waals surface area contributed by atoms with Gasteiger partial charge in [-0.2, -0.15) is 4.99 Å². The maximum atomic E-state index is 12.6. The van der Waals surface area contributed by atoms with Gasteiger partial charge in [-0.1, -0.05) is 30.7 Å². The summed E-state index contributed by atoms with van der Waals surface area (Å²) in [7, 11) is 0. The number of aromatic nitrogens is 1. The highest BCUT2D eigenvalue weighted by atomic mass is 35.5. The van der Waals surface area contributed by atoms with E-state index in [9.17, 15) is 4.79 Å². The number of nitrogens with zero attached hydrogens (tertiary/aromatic N) is 5. The van der Waals surface area contributed by atoms with Crippen LogP contribution in [0.3, 0.4) is 0 Å². The molecule has 3 aliphatic heterocycles. The maximum Gasteiger partial charge on any atom is 0.286 e. The highest BCUT2D eigenvalue weighted by Gasteiger charge is 2.27. The van der Waals surface area contributed by atoms with E-state index in [1.54, 1.807) is 0 Å².